The van der Waals surface area contributed by atoms with Gasteiger partial charge in [0.15, 0.2) is 5.82 Å². The number of amides is 1. The summed E-state index contributed by atoms with van der Waals surface area (Å²) < 4.78 is 0. The number of halogens is 1. The molecule has 0 aliphatic carbocycles. The standard InChI is InChI=1S/C21H20ClN5O/c22-16-5-3-15(4-6-16)21(28)25-18-9-7-17(8-10-18)24-20-13-19(14-23-26-20)27-11-1-2-12-27/h3-10,13-14H,1-2,11-12H2,(H,24,26)(H,25,28). The van der Waals surface area contributed by atoms with E-state index in [1.807, 2.05) is 30.3 Å². The van der Waals surface area contributed by atoms with Crippen molar-refractivity contribution in [3.8, 4) is 0 Å². The minimum atomic E-state index is -0.179. The van der Waals surface area contributed by atoms with Gasteiger partial charge in [-0.05, 0) is 61.4 Å². The van der Waals surface area contributed by atoms with Crippen LogP contribution in [0.25, 0.3) is 0 Å². The molecule has 1 saturated heterocycles. The molecule has 1 fully saturated rings. The fraction of sp³-hybridized carbons (Fsp3) is 0.190. The van der Waals surface area contributed by atoms with Crippen molar-refractivity contribution in [3.63, 3.8) is 0 Å². The van der Waals surface area contributed by atoms with Crippen LogP contribution in [0.4, 0.5) is 22.9 Å². The summed E-state index contributed by atoms with van der Waals surface area (Å²) in [6, 6.07) is 16.3. The molecule has 0 saturated carbocycles. The Bertz CT molecular complexity index is 953. The van der Waals surface area contributed by atoms with Gasteiger partial charge in [0, 0.05) is 41.1 Å². The summed E-state index contributed by atoms with van der Waals surface area (Å²) in [6.07, 6.45) is 4.23. The first-order valence-electron chi connectivity index (χ1n) is 9.19. The van der Waals surface area contributed by atoms with Crippen molar-refractivity contribution in [1.29, 1.82) is 0 Å². The van der Waals surface area contributed by atoms with Gasteiger partial charge in [-0.25, -0.2) is 0 Å². The lowest BCUT2D eigenvalue weighted by Gasteiger charge is -2.17. The number of hydrogen-bond donors (Lipinski definition) is 2. The predicted molar refractivity (Wildman–Crippen MR) is 113 cm³/mol. The van der Waals surface area contributed by atoms with Gasteiger partial charge in [0.1, 0.15) is 0 Å². The van der Waals surface area contributed by atoms with Gasteiger partial charge in [-0.15, -0.1) is 5.10 Å². The lowest BCUT2D eigenvalue weighted by atomic mass is 10.2. The van der Waals surface area contributed by atoms with E-state index in [1.165, 1.54) is 12.8 Å². The first-order valence-corrected chi connectivity index (χ1v) is 9.57. The normalized spacial score (nSPS) is 13.4. The Morgan fingerprint density at radius 1 is 0.964 bits per heavy atom. The number of nitrogens with zero attached hydrogens (tertiary/aromatic N) is 3. The van der Waals surface area contributed by atoms with Gasteiger partial charge < -0.3 is 15.5 Å². The van der Waals surface area contributed by atoms with Gasteiger partial charge in [0.25, 0.3) is 5.91 Å². The molecule has 0 radical (unpaired) electrons. The summed E-state index contributed by atoms with van der Waals surface area (Å²) in [7, 11) is 0. The molecule has 0 spiro atoms. The van der Waals surface area contributed by atoms with E-state index in [-0.39, 0.29) is 5.91 Å². The average molecular weight is 394 g/mol. The zero-order valence-electron chi connectivity index (χ0n) is 15.2. The number of carbonyl (C=O) groups excluding carboxylic acids is 1. The molecule has 2 heterocycles. The number of benzene rings is 2. The molecule has 2 aromatic carbocycles. The third-order valence-electron chi connectivity index (χ3n) is 4.63. The van der Waals surface area contributed by atoms with Crippen LogP contribution in [0.1, 0.15) is 23.2 Å². The van der Waals surface area contributed by atoms with E-state index in [1.54, 1.807) is 30.5 Å². The molecule has 1 aromatic heterocycles. The molecule has 0 bridgehead atoms. The zero-order valence-corrected chi connectivity index (χ0v) is 16.0. The number of rotatable bonds is 5. The van der Waals surface area contributed by atoms with Crippen LogP contribution in [-0.2, 0) is 0 Å². The average Bonchev–Trinajstić information content (AvgIpc) is 3.25. The van der Waals surface area contributed by atoms with Crippen molar-refractivity contribution in [2.45, 2.75) is 12.8 Å². The number of aromatic nitrogens is 2. The highest BCUT2D eigenvalue weighted by atomic mass is 35.5. The molecule has 1 aliphatic heterocycles. The molecular formula is C21H20ClN5O. The number of anilines is 4. The summed E-state index contributed by atoms with van der Waals surface area (Å²) in [5, 5.41) is 15.0. The fourth-order valence-corrected chi connectivity index (χ4v) is 3.28. The van der Waals surface area contributed by atoms with E-state index < -0.39 is 0 Å². The summed E-state index contributed by atoms with van der Waals surface area (Å²) >= 11 is 5.86. The van der Waals surface area contributed by atoms with Crippen molar-refractivity contribution in [3.05, 3.63) is 71.4 Å². The summed E-state index contributed by atoms with van der Waals surface area (Å²) in [4.78, 5) is 14.6. The molecule has 2 N–H and O–H groups in total. The van der Waals surface area contributed by atoms with Crippen LogP contribution < -0.4 is 15.5 Å². The maximum Gasteiger partial charge on any atom is 0.255 e. The van der Waals surface area contributed by atoms with Gasteiger partial charge in [-0.1, -0.05) is 11.6 Å². The van der Waals surface area contributed by atoms with Crippen LogP contribution in [-0.4, -0.2) is 29.2 Å². The Balaban J connectivity index is 1.40. The molecule has 7 heteroatoms. The summed E-state index contributed by atoms with van der Waals surface area (Å²) in [5.74, 6) is 0.518. The van der Waals surface area contributed by atoms with Crippen LogP contribution in [0.3, 0.4) is 0 Å². The molecule has 28 heavy (non-hydrogen) atoms. The van der Waals surface area contributed by atoms with Crippen LogP contribution in [0.15, 0.2) is 60.8 Å². The largest absolute Gasteiger partial charge is 0.370 e. The molecule has 6 nitrogen and oxygen atoms in total. The van der Waals surface area contributed by atoms with Crippen LogP contribution in [0, 0.1) is 0 Å². The summed E-state index contributed by atoms with van der Waals surface area (Å²) in [5.41, 5.74) is 3.22. The molecule has 3 aromatic rings. The highest BCUT2D eigenvalue weighted by Gasteiger charge is 2.13. The number of nitrogens with one attached hydrogen (secondary N) is 2. The zero-order chi connectivity index (χ0) is 19.3. The lowest BCUT2D eigenvalue weighted by Crippen LogP contribution is -2.18. The third kappa shape index (κ3) is 4.40. The maximum atomic E-state index is 12.3. The fourth-order valence-electron chi connectivity index (χ4n) is 3.16. The quantitative estimate of drug-likeness (QED) is 0.656. The highest BCUT2D eigenvalue weighted by molar-refractivity contribution is 6.30. The van der Waals surface area contributed by atoms with Crippen LogP contribution >= 0.6 is 11.6 Å². The van der Waals surface area contributed by atoms with Crippen molar-refractivity contribution < 1.29 is 4.79 Å². The molecule has 0 atom stereocenters. The van der Waals surface area contributed by atoms with Gasteiger partial charge >= 0.3 is 0 Å². The van der Waals surface area contributed by atoms with E-state index in [9.17, 15) is 4.79 Å². The monoisotopic (exact) mass is 393 g/mol. The molecule has 4 rings (SSSR count). The van der Waals surface area contributed by atoms with Crippen molar-refractivity contribution in [2.75, 3.05) is 28.6 Å². The van der Waals surface area contributed by atoms with Crippen LogP contribution in [0.5, 0.6) is 0 Å². The van der Waals surface area contributed by atoms with Gasteiger partial charge in [0.2, 0.25) is 0 Å². The van der Waals surface area contributed by atoms with Gasteiger partial charge in [0.05, 0.1) is 11.9 Å². The van der Waals surface area contributed by atoms with Gasteiger partial charge in [-0.2, -0.15) is 5.10 Å². The Kier molecular flexibility index (Phi) is 5.39. The van der Waals surface area contributed by atoms with Crippen molar-refractivity contribution in [2.24, 2.45) is 0 Å². The Labute approximate surface area is 168 Å². The number of hydrogen-bond acceptors (Lipinski definition) is 5. The minimum absolute atomic E-state index is 0.179. The predicted octanol–water partition coefficient (Wildman–Crippen LogP) is 4.73. The van der Waals surface area contributed by atoms with Crippen molar-refractivity contribution in [1.82, 2.24) is 10.2 Å². The smallest absolute Gasteiger partial charge is 0.255 e. The Hall–Kier alpha value is -3.12. The van der Waals surface area contributed by atoms with E-state index in [0.717, 1.165) is 24.5 Å². The van der Waals surface area contributed by atoms with Crippen molar-refractivity contribution >= 4 is 40.4 Å². The highest BCUT2D eigenvalue weighted by Crippen LogP contribution is 2.23. The molecule has 0 unspecified atom stereocenters. The Morgan fingerprint density at radius 2 is 1.64 bits per heavy atom. The first kappa shape index (κ1) is 18.3. The maximum absolute atomic E-state index is 12.3. The molecule has 1 amide bonds. The van der Waals surface area contributed by atoms with Gasteiger partial charge in [-0.3, -0.25) is 4.79 Å². The molecule has 1 aliphatic rings. The first-order chi connectivity index (χ1) is 13.7. The van der Waals surface area contributed by atoms with E-state index in [2.05, 4.69) is 25.7 Å². The Morgan fingerprint density at radius 3 is 2.36 bits per heavy atom. The number of carbonyl (C=O) groups is 1. The second kappa shape index (κ2) is 8.27. The lowest BCUT2D eigenvalue weighted by molar-refractivity contribution is 0.102. The van der Waals surface area contributed by atoms with Crippen LogP contribution in [0.2, 0.25) is 5.02 Å². The van der Waals surface area contributed by atoms with E-state index in [4.69, 9.17) is 11.6 Å². The molecular weight excluding hydrogens is 374 g/mol. The second-order valence-corrected chi connectivity index (χ2v) is 7.09. The van der Waals surface area contributed by atoms with E-state index in [0.29, 0.717) is 22.1 Å². The SMILES string of the molecule is O=C(Nc1ccc(Nc2cc(N3CCCC3)cnn2)cc1)c1ccc(Cl)cc1. The minimum Gasteiger partial charge on any atom is -0.370 e. The summed E-state index contributed by atoms with van der Waals surface area (Å²) in [6.45, 7) is 2.13. The molecule has 142 valence electrons. The van der Waals surface area contributed by atoms with E-state index >= 15 is 0 Å². The second-order valence-electron chi connectivity index (χ2n) is 6.66. The third-order valence-corrected chi connectivity index (χ3v) is 4.88. The topological polar surface area (TPSA) is 70.2 Å².